The number of halogens is 1. The monoisotopic (exact) mass is 159 g/mol. The van der Waals surface area contributed by atoms with E-state index in [1.165, 1.54) is 0 Å². The van der Waals surface area contributed by atoms with Crippen molar-refractivity contribution in [1.82, 2.24) is 4.90 Å². The van der Waals surface area contributed by atoms with Gasteiger partial charge in [0.05, 0.1) is 0 Å². The van der Waals surface area contributed by atoms with Crippen molar-refractivity contribution in [3.8, 4) is 0 Å². The van der Waals surface area contributed by atoms with Crippen molar-refractivity contribution >= 4 is 0 Å². The van der Waals surface area contributed by atoms with Gasteiger partial charge >= 0.3 is 0 Å². The molecule has 2 atom stereocenters. The van der Waals surface area contributed by atoms with E-state index in [1.54, 1.807) is 0 Å². The Bertz CT molecular complexity index is 126. The van der Waals surface area contributed by atoms with Gasteiger partial charge < -0.3 is 4.90 Å². The van der Waals surface area contributed by atoms with Gasteiger partial charge in [-0.15, -0.1) is 0 Å². The van der Waals surface area contributed by atoms with Gasteiger partial charge in [-0.1, -0.05) is 13.8 Å². The number of likely N-dealkylation sites (tertiary alicyclic amines) is 1. The second-order valence-electron chi connectivity index (χ2n) is 4.16. The molecule has 0 saturated carbocycles. The van der Waals surface area contributed by atoms with E-state index in [9.17, 15) is 4.39 Å². The summed E-state index contributed by atoms with van der Waals surface area (Å²) in [5.41, 5.74) is 0.215. The Kier molecular flexibility index (Phi) is 2.53. The van der Waals surface area contributed by atoms with Crippen molar-refractivity contribution in [3.05, 3.63) is 0 Å². The van der Waals surface area contributed by atoms with Crippen molar-refractivity contribution < 1.29 is 4.39 Å². The summed E-state index contributed by atoms with van der Waals surface area (Å²) in [5, 5.41) is 0. The number of nitrogens with zero attached hydrogens (tertiary/aromatic N) is 1. The van der Waals surface area contributed by atoms with Gasteiger partial charge in [0.15, 0.2) is 0 Å². The molecule has 1 aliphatic rings. The van der Waals surface area contributed by atoms with Crippen LogP contribution in [0.15, 0.2) is 0 Å². The molecule has 0 spiro atoms. The minimum Gasteiger partial charge on any atom is -0.303 e. The van der Waals surface area contributed by atoms with Crippen LogP contribution in [0.25, 0.3) is 0 Å². The summed E-state index contributed by atoms with van der Waals surface area (Å²) in [6, 6.07) is 0. The van der Waals surface area contributed by atoms with Crippen molar-refractivity contribution in [2.75, 3.05) is 20.1 Å². The summed E-state index contributed by atoms with van der Waals surface area (Å²) in [6.45, 7) is 5.99. The molecule has 1 fully saturated rings. The third-order valence-corrected chi connectivity index (χ3v) is 2.73. The van der Waals surface area contributed by atoms with Gasteiger partial charge in [-0.3, -0.25) is 0 Å². The number of hydrogen-bond donors (Lipinski definition) is 0. The van der Waals surface area contributed by atoms with Crippen molar-refractivity contribution in [2.24, 2.45) is 5.41 Å². The van der Waals surface area contributed by atoms with Crippen LogP contribution in [0.5, 0.6) is 0 Å². The lowest BCUT2D eigenvalue weighted by molar-refractivity contribution is 0.0546. The highest BCUT2D eigenvalue weighted by Gasteiger charge is 2.33. The van der Waals surface area contributed by atoms with E-state index >= 15 is 0 Å². The molecule has 0 bridgehead atoms. The van der Waals surface area contributed by atoms with E-state index in [4.69, 9.17) is 0 Å². The quantitative estimate of drug-likeness (QED) is 0.566. The summed E-state index contributed by atoms with van der Waals surface area (Å²) < 4.78 is 13.1. The third-order valence-electron chi connectivity index (χ3n) is 2.73. The molecule has 66 valence electrons. The van der Waals surface area contributed by atoms with Crippen LogP contribution in [0, 0.1) is 5.41 Å². The molecule has 0 amide bonds. The van der Waals surface area contributed by atoms with Gasteiger partial charge in [-0.25, -0.2) is 4.39 Å². The molecule has 0 aliphatic carbocycles. The van der Waals surface area contributed by atoms with Crippen molar-refractivity contribution in [3.63, 3.8) is 0 Å². The van der Waals surface area contributed by atoms with Crippen LogP contribution in [0.2, 0.25) is 0 Å². The van der Waals surface area contributed by atoms with Crippen LogP contribution in [0.3, 0.4) is 0 Å². The number of hydrogen-bond acceptors (Lipinski definition) is 1. The molecule has 0 N–H and O–H groups in total. The van der Waals surface area contributed by atoms with Crippen LogP contribution in [-0.2, 0) is 0 Å². The molecular weight excluding hydrogens is 141 g/mol. The van der Waals surface area contributed by atoms with Gasteiger partial charge in [-0.2, -0.15) is 0 Å². The highest BCUT2D eigenvalue weighted by molar-refractivity contribution is 4.85. The average molecular weight is 159 g/mol. The van der Waals surface area contributed by atoms with E-state index in [-0.39, 0.29) is 5.41 Å². The Hall–Kier alpha value is -0.110. The first-order valence-corrected chi connectivity index (χ1v) is 4.38. The maximum Gasteiger partial charge on any atom is 0.113 e. The maximum absolute atomic E-state index is 13.1. The van der Waals surface area contributed by atoms with Crippen molar-refractivity contribution in [1.29, 1.82) is 0 Å². The summed E-state index contributed by atoms with van der Waals surface area (Å²) >= 11 is 0. The first-order valence-electron chi connectivity index (χ1n) is 4.38. The SMILES string of the molecule is CCC1(C)C[C@@H](F)CN(C)C1. The van der Waals surface area contributed by atoms with Crippen molar-refractivity contribution in [2.45, 2.75) is 32.9 Å². The predicted octanol–water partition coefficient (Wildman–Crippen LogP) is 2.08. The normalized spacial score (nSPS) is 40.9. The Balaban J connectivity index is 2.55. The maximum atomic E-state index is 13.1. The average Bonchev–Trinajstić information content (AvgIpc) is 1.84. The number of piperidine rings is 1. The first kappa shape index (κ1) is 8.98. The molecule has 0 aromatic carbocycles. The van der Waals surface area contributed by atoms with Gasteiger partial charge in [0.25, 0.3) is 0 Å². The summed E-state index contributed by atoms with van der Waals surface area (Å²) in [7, 11) is 2.00. The zero-order chi connectivity index (χ0) is 8.48. The number of alkyl halides is 1. The molecule has 1 nitrogen and oxygen atoms in total. The Morgan fingerprint density at radius 2 is 2.27 bits per heavy atom. The van der Waals surface area contributed by atoms with Crippen LogP contribution in [-0.4, -0.2) is 31.2 Å². The van der Waals surface area contributed by atoms with E-state index in [1.807, 2.05) is 7.05 Å². The zero-order valence-electron chi connectivity index (χ0n) is 7.73. The predicted molar refractivity (Wildman–Crippen MR) is 45.4 cm³/mol. The minimum atomic E-state index is -0.612. The van der Waals surface area contributed by atoms with E-state index in [0.29, 0.717) is 6.54 Å². The second kappa shape index (κ2) is 3.10. The highest BCUT2D eigenvalue weighted by Crippen LogP contribution is 2.33. The first-order chi connectivity index (χ1) is 5.06. The largest absolute Gasteiger partial charge is 0.303 e. The molecule has 0 radical (unpaired) electrons. The highest BCUT2D eigenvalue weighted by atomic mass is 19.1. The lowest BCUT2D eigenvalue weighted by Gasteiger charge is -2.39. The molecule has 1 unspecified atom stereocenters. The third kappa shape index (κ3) is 2.16. The molecule has 1 aliphatic heterocycles. The smallest absolute Gasteiger partial charge is 0.113 e. The molecule has 0 aromatic rings. The topological polar surface area (TPSA) is 3.24 Å². The van der Waals surface area contributed by atoms with E-state index < -0.39 is 6.17 Å². The van der Waals surface area contributed by atoms with Crippen LogP contribution in [0.1, 0.15) is 26.7 Å². The molecule has 1 saturated heterocycles. The van der Waals surface area contributed by atoms with Gasteiger partial charge in [0, 0.05) is 13.1 Å². The minimum absolute atomic E-state index is 0.215. The van der Waals surface area contributed by atoms with Crippen LogP contribution >= 0.6 is 0 Å². The fourth-order valence-electron chi connectivity index (χ4n) is 1.97. The summed E-state index contributed by atoms with van der Waals surface area (Å²) in [5.74, 6) is 0. The fraction of sp³-hybridized carbons (Fsp3) is 1.00. The molecule has 1 rings (SSSR count). The molecule has 1 heterocycles. The fourth-order valence-corrected chi connectivity index (χ4v) is 1.97. The van der Waals surface area contributed by atoms with E-state index in [0.717, 1.165) is 19.4 Å². The molecule has 11 heavy (non-hydrogen) atoms. The molecule has 0 aromatic heterocycles. The lowest BCUT2D eigenvalue weighted by atomic mass is 9.79. The Morgan fingerprint density at radius 3 is 2.73 bits per heavy atom. The number of rotatable bonds is 1. The Morgan fingerprint density at radius 1 is 1.64 bits per heavy atom. The zero-order valence-corrected chi connectivity index (χ0v) is 7.73. The van der Waals surface area contributed by atoms with E-state index in [2.05, 4.69) is 18.7 Å². The van der Waals surface area contributed by atoms with Crippen LogP contribution in [0.4, 0.5) is 4.39 Å². The van der Waals surface area contributed by atoms with Crippen LogP contribution < -0.4 is 0 Å². The Labute approximate surface area is 68.6 Å². The summed E-state index contributed by atoms with van der Waals surface area (Å²) in [6.07, 6.45) is 1.21. The lowest BCUT2D eigenvalue weighted by Crippen LogP contribution is -2.44. The molecule has 2 heteroatoms. The summed E-state index contributed by atoms with van der Waals surface area (Å²) in [4.78, 5) is 2.09. The second-order valence-corrected chi connectivity index (χ2v) is 4.16. The van der Waals surface area contributed by atoms with Gasteiger partial charge in [0.1, 0.15) is 6.17 Å². The van der Waals surface area contributed by atoms with Gasteiger partial charge in [-0.05, 0) is 25.3 Å². The van der Waals surface area contributed by atoms with Gasteiger partial charge in [0.2, 0.25) is 0 Å². The standard InChI is InChI=1S/C9H18FN/c1-4-9(2)5-8(10)6-11(3)7-9/h8H,4-7H2,1-3H3/t8-,9?/m1/s1. The molecular formula is C9H18FN.